The lowest BCUT2D eigenvalue weighted by Gasteiger charge is -1.81. The normalized spacial score (nSPS) is 14.6. The highest BCUT2D eigenvalue weighted by Crippen LogP contribution is 1.96. The minimum atomic E-state index is -0.512. The minimum Gasteiger partial charge on any atom is -0.264 e. The van der Waals surface area contributed by atoms with Crippen LogP contribution >= 0.6 is 0 Å². The van der Waals surface area contributed by atoms with Gasteiger partial charge in [-0.2, -0.15) is 0 Å². The third-order valence-corrected chi connectivity index (χ3v) is 0.907. The Kier molecular flexibility index (Phi) is 1.78. The highest BCUT2D eigenvalue weighted by Gasteiger charge is 2.02. The minimum absolute atomic E-state index is 0.0718. The van der Waals surface area contributed by atoms with Gasteiger partial charge in [0.25, 0.3) is 0 Å². The van der Waals surface area contributed by atoms with Gasteiger partial charge in [-0.25, -0.2) is 0 Å². The molecule has 1 heterocycles. The monoisotopic (exact) mass is 136 g/mol. The molecule has 0 saturated heterocycles. The molecule has 4 nitrogen and oxygen atoms in total. The van der Waals surface area contributed by atoms with Crippen LogP contribution in [0.4, 0.5) is 0 Å². The van der Waals surface area contributed by atoms with Crippen molar-refractivity contribution >= 4 is 6.21 Å². The fourth-order valence-corrected chi connectivity index (χ4v) is 0.491. The van der Waals surface area contributed by atoms with Crippen molar-refractivity contribution in [1.29, 1.82) is 0 Å². The Bertz CT molecular complexity index is 269. The average Bonchev–Trinajstić information content (AvgIpc) is 2.12. The number of allylic oxidation sites excluding steroid dienone is 1. The summed E-state index contributed by atoms with van der Waals surface area (Å²) in [5.74, 6) is 0. The molecular formula is C6H4N2O2. The van der Waals surface area contributed by atoms with Gasteiger partial charge in [0, 0.05) is 24.6 Å². The molecule has 1 aliphatic rings. The van der Waals surface area contributed by atoms with Crippen LogP contribution in [0.2, 0.25) is 0 Å². The van der Waals surface area contributed by atoms with E-state index >= 15 is 0 Å². The predicted molar refractivity (Wildman–Crippen MR) is 36.2 cm³/mol. The molecule has 0 saturated carbocycles. The maximum absolute atomic E-state index is 10.1. The summed E-state index contributed by atoms with van der Waals surface area (Å²) in [6.07, 6.45) is 5.49. The van der Waals surface area contributed by atoms with E-state index in [0.717, 1.165) is 0 Å². The molecule has 1 rings (SSSR count). The van der Waals surface area contributed by atoms with Crippen LogP contribution in [-0.2, 0) is 0 Å². The lowest BCUT2D eigenvalue weighted by molar-refractivity contribution is -0.418. The molecule has 0 fully saturated rings. The summed E-state index contributed by atoms with van der Waals surface area (Å²) < 4.78 is 0. The molecule has 0 radical (unpaired) electrons. The molecular weight excluding hydrogens is 132 g/mol. The van der Waals surface area contributed by atoms with Crippen LogP contribution in [0.5, 0.6) is 0 Å². The molecule has 0 aromatic carbocycles. The van der Waals surface area contributed by atoms with Gasteiger partial charge in [0.15, 0.2) is 0 Å². The summed E-state index contributed by atoms with van der Waals surface area (Å²) in [6, 6.07) is 0. The maximum Gasteiger partial charge on any atom is 0.313 e. The number of hydrogen-bond acceptors (Lipinski definition) is 3. The van der Waals surface area contributed by atoms with Gasteiger partial charge in [0.05, 0.1) is 4.92 Å². The van der Waals surface area contributed by atoms with Crippen molar-refractivity contribution in [2.75, 3.05) is 0 Å². The van der Waals surface area contributed by atoms with Crippen molar-refractivity contribution in [2.24, 2.45) is 4.99 Å². The Hall–Kier alpha value is -1.67. The van der Waals surface area contributed by atoms with Crippen LogP contribution in [0.25, 0.3) is 0 Å². The lowest BCUT2D eigenvalue weighted by atomic mass is 10.4. The first-order valence-corrected chi connectivity index (χ1v) is 2.60. The van der Waals surface area contributed by atoms with Crippen LogP contribution in [0, 0.1) is 10.1 Å². The second kappa shape index (κ2) is 2.75. The summed E-state index contributed by atoms with van der Waals surface area (Å²) in [5.41, 5.74) is 2.37. The van der Waals surface area contributed by atoms with Crippen molar-refractivity contribution in [2.45, 2.75) is 0 Å². The molecule has 0 spiro atoms. The zero-order valence-corrected chi connectivity index (χ0v) is 5.02. The molecule has 0 amide bonds. The third-order valence-electron chi connectivity index (χ3n) is 0.907. The van der Waals surface area contributed by atoms with E-state index in [1.165, 1.54) is 24.6 Å². The van der Waals surface area contributed by atoms with E-state index in [4.69, 9.17) is 0 Å². The van der Waals surface area contributed by atoms with E-state index in [9.17, 15) is 10.1 Å². The summed E-state index contributed by atoms with van der Waals surface area (Å²) in [5, 5.41) is 10.1. The summed E-state index contributed by atoms with van der Waals surface area (Å²) in [7, 11) is 0. The molecule has 0 unspecified atom stereocenters. The Balaban J connectivity index is 2.98. The molecule has 50 valence electrons. The second-order valence-corrected chi connectivity index (χ2v) is 1.57. The Morgan fingerprint density at radius 3 is 3.20 bits per heavy atom. The fraction of sp³-hybridized carbons (Fsp3) is 0. The molecule has 0 aromatic heterocycles. The molecule has 0 atom stereocenters. The van der Waals surface area contributed by atoms with Crippen molar-refractivity contribution in [3.05, 3.63) is 39.9 Å². The average molecular weight is 136 g/mol. The van der Waals surface area contributed by atoms with Gasteiger partial charge in [-0.1, -0.05) is 0 Å². The number of nitro groups is 1. The fourth-order valence-electron chi connectivity index (χ4n) is 0.491. The van der Waals surface area contributed by atoms with Crippen molar-refractivity contribution in [3.8, 4) is 0 Å². The van der Waals surface area contributed by atoms with Gasteiger partial charge in [-0.3, -0.25) is 15.1 Å². The van der Waals surface area contributed by atoms with Crippen molar-refractivity contribution in [3.63, 3.8) is 0 Å². The second-order valence-electron chi connectivity index (χ2n) is 1.57. The predicted octanol–water partition coefficient (Wildman–Crippen LogP) is 0.900. The molecule has 10 heavy (non-hydrogen) atoms. The molecule has 1 aliphatic heterocycles. The van der Waals surface area contributed by atoms with Crippen molar-refractivity contribution in [1.82, 2.24) is 0 Å². The van der Waals surface area contributed by atoms with Gasteiger partial charge in [0.1, 0.15) is 0 Å². The zero-order valence-electron chi connectivity index (χ0n) is 5.02. The number of aliphatic imine (C=N–C) groups is 1. The Labute approximate surface area is 57.0 Å². The first-order valence-electron chi connectivity index (χ1n) is 2.60. The number of rotatable bonds is 1. The summed E-state index contributed by atoms with van der Waals surface area (Å²) >= 11 is 0. The molecule has 4 heteroatoms. The largest absolute Gasteiger partial charge is 0.313 e. The number of nitrogens with zero attached hydrogens (tertiary/aromatic N) is 2. The van der Waals surface area contributed by atoms with E-state index in [1.54, 1.807) is 0 Å². The Morgan fingerprint density at radius 1 is 1.70 bits per heavy atom. The topological polar surface area (TPSA) is 55.5 Å². The first-order chi connectivity index (χ1) is 4.80. The summed E-state index contributed by atoms with van der Waals surface area (Å²) in [6.45, 7) is 0. The van der Waals surface area contributed by atoms with E-state index in [-0.39, 0.29) is 5.70 Å². The van der Waals surface area contributed by atoms with Gasteiger partial charge >= 0.3 is 5.70 Å². The maximum atomic E-state index is 10.1. The van der Waals surface area contributed by atoms with E-state index in [1.807, 2.05) is 0 Å². The summed E-state index contributed by atoms with van der Waals surface area (Å²) in [4.78, 5) is 13.2. The van der Waals surface area contributed by atoms with Crippen LogP contribution in [0.15, 0.2) is 34.8 Å². The van der Waals surface area contributed by atoms with E-state index in [2.05, 4.69) is 10.7 Å². The van der Waals surface area contributed by atoms with Crippen LogP contribution in [0.3, 0.4) is 0 Å². The first kappa shape index (κ1) is 6.45. The lowest BCUT2D eigenvalue weighted by Crippen LogP contribution is -1.92. The van der Waals surface area contributed by atoms with E-state index < -0.39 is 4.92 Å². The van der Waals surface area contributed by atoms with Gasteiger partial charge in [-0.15, -0.1) is 0 Å². The van der Waals surface area contributed by atoms with Gasteiger partial charge < -0.3 is 0 Å². The van der Waals surface area contributed by atoms with Gasteiger partial charge in [0.2, 0.25) is 0 Å². The highest BCUT2D eigenvalue weighted by atomic mass is 16.6. The molecule has 0 N–H and O–H groups in total. The van der Waals surface area contributed by atoms with Crippen LogP contribution < -0.4 is 0 Å². The zero-order chi connectivity index (χ0) is 7.40. The molecule has 0 aromatic rings. The van der Waals surface area contributed by atoms with Crippen molar-refractivity contribution < 1.29 is 4.92 Å². The van der Waals surface area contributed by atoms with Crippen LogP contribution in [0.1, 0.15) is 0 Å². The van der Waals surface area contributed by atoms with Crippen LogP contribution in [-0.4, -0.2) is 11.1 Å². The SMILES string of the molecule is O=[N+]([O-])C1=C=CC=NC=C1. The van der Waals surface area contributed by atoms with E-state index in [0.29, 0.717) is 0 Å². The standard InChI is InChI=1S/C6H4N2O2/c9-8(10)6-2-1-4-7-5-3-6/h1,3-5H. The third kappa shape index (κ3) is 1.40. The number of hydrogen-bond donors (Lipinski definition) is 0. The smallest absolute Gasteiger partial charge is 0.264 e. The van der Waals surface area contributed by atoms with Gasteiger partial charge in [-0.05, 0) is 5.73 Å². The highest BCUT2D eigenvalue weighted by molar-refractivity contribution is 5.72. The molecule has 0 aliphatic carbocycles. The Morgan fingerprint density at radius 2 is 2.50 bits per heavy atom. The quantitative estimate of drug-likeness (QED) is 0.305. The molecule has 0 bridgehead atoms.